The molecule has 0 fully saturated rings. The Kier molecular flexibility index (Phi) is 4.26. The van der Waals surface area contributed by atoms with E-state index in [1.54, 1.807) is 6.20 Å². The molecule has 0 saturated heterocycles. The number of nitriles is 1. The van der Waals surface area contributed by atoms with Crippen LogP contribution in [0.5, 0.6) is 0 Å². The molecule has 0 saturated carbocycles. The fraction of sp³-hybridized carbons (Fsp3) is 0.333. The minimum atomic E-state index is 0.598. The standard InChI is InChI=1S/C15H17N5/c1-11-12(2)18-19-15(14(11)10-16)20(3)9-7-13-6-4-5-8-17-13/h4-6,8H,7,9H2,1-3H3. The lowest BCUT2D eigenvalue weighted by Gasteiger charge is -2.19. The molecule has 0 bridgehead atoms. The minimum absolute atomic E-state index is 0.598. The van der Waals surface area contributed by atoms with Crippen molar-refractivity contribution < 1.29 is 0 Å². The zero-order chi connectivity index (χ0) is 14.5. The number of aromatic nitrogens is 3. The summed E-state index contributed by atoms with van der Waals surface area (Å²) in [6.45, 7) is 4.50. The van der Waals surface area contributed by atoms with Crippen molar-refractivity contribution in [1.82, 2.24) is 15.2 Å². The van der Waals surface area contributed by atoms with Crippen molar-refractivity contribution in [3.05, 3.63) is 46.9 Å². The highest BCUT2D eigenvalue weighted by molar-refractivity contribution is 5.57. The van der Waals surface area contributed by atoms with Crippen molar-refractivity contribution in [1.29, 1.82) is 5.26 Å². The first-order valence-corrected chi connectivity index (χ1v) is 6.48. The summed E-state index contributed by atoms with van der Waals surface area (Å²) < 4.78 is 0. The Morgan fingerprint density at radius 1 is 1.25 bits per heavy atom. The summed E-state index contributed by atoms with van der Waals surface area (Å²) in [5.41, 5.74) is 3.31. The lowest BCUT2D eigenvalue weighted by molar-refractivity contribution is 0.813. The zero-order valence-electron chi connectivity index (χ0n) is 12.0. The van der Waals surface area contributed by atoms with Gasteiger partial charge in [-0.15, -0.1) is 5.10 Å². The average molecular weight is 267 g/mol. The van der Waals surface area contributed by atoms with Gasteiger partial charge < -0.3 is 4.90 Å². The molecule has 0 N–H and O–H groups in total. The fourth-order valence-corrected chi connectivity index (χ4v) is 1.93. The van der Waals surface area contributed by atoms with E-state index in [4.69, 9.17) is 0 Å². The number of hydrogen-bond acceptors (Lipinski definition) is 5. The predicted octanol–water partition coefficient (Wildman–Crippen LogP) is 2.04. The third kappa shape index (κ3) is 2.91. The summed E-state index contributed by atoms with van der Waals surface area (Å²) in [6, 6.07) is 8.08. The van der Waals surface area contributed by atoms with Gasteiger partial charge in [0.15, 0.2) is 5.82 Å². The van der Waals surface area contributed by atoms with Gasteiger partial charge in [0.05, 0.1) is 5.69 Å². The summed E-state index contributed by atoms with van der Waals surface area (Å²) in [7, 11) is 1.92. The van der Waals surface area contributed by atoms with Crippen LogP contribution in [0.3, 0.4) is 0 Å². The van der Waals surface area contributed by atoms with Gasteiger partial charge in [-0.25, -0.2) is 0 Å². The molecule has 20 heavy (non-hydrogen) atoms. The van der Waals surface area contributed by atoms with Crippen molar-refractivity contribution in [2.75, 3.05) is 18.5 Å². The second kappa shape index (κ2) is 6.11. The van der Waals surface area contributed by atoms with E-state index in [-0.39, 0.29) is 0 Å². The maximum Gasteiger partial charge on any atom is 0.169 e. The quantitative estimate of drug-likeness (QED) is 0.848. The Hall–Kier alpha value is -2.48. The molecule has 2 aromatic rings. The van der Waals surface area contributed by atoms with Crippen LogP contribution in [-0.4, -0.2) is 28.8 Å². The van der Waals surface area contributed by atoms with E-state index in [0.717, 1.165) is 29.9 Å². The molecule has 2 rings (SSSR count). The summed E-state index contributed by atoms with van der Waals surface area (Å²) >= 11 is 0. The first-order chi connectivity index (χ1) is 9.63. The molecule has 5 heteroatoms. The maximum atomic E-state index is 9.30. The van der Waals surface area contributed by atoms with Gasteiger partial charge in [-0.1, -0.05) is 6.07 Å². The third-order valence-corrected chi connectivity index (χ3v) is 3.34. The molecule has 0 aliphatic heterocycles. The molecule has 5 nitrogen and oxygen atoms in total. The summed E-state index contributed by atoms with van der Waals surface area (Å²) in [4.78, 5) is 6.24. The van der Waals surface area contributed by atoms with Crippen molar-refractivity contribution in [2.45, 2.75) is 20.3 Å². The van der Waals surface area contributed by atoms with Gasteiger partial charge in [0.2, 0.25) is 0 Å². The van der Waals surface area contributed by atoms with Crippen molar-refractivity contribution in [3.63, 3.8) is 0 Å². The van der Waals surface area contributed by atoms with Crippen LogP contribution in [-0.2, 0) is 6.42 Å². The summed E-state index contributed by atoms with van der Waals surface area (Å²) in [6.07, 6.45) is 2.59. The highest BCUT2D eigenvalue weighted by Gasteiger charge is 2.14. The molecule has 0 unspecified atom stereocenters. The van der Waals surface area contributed by atoms with Crippen LogP contribution in [0.1, 0.15) is 22.5 Å². The van der Waals surface area contributed by atoms with E-state index in [0.29, 0.717) is 11.4 Å². The van der Waals surface area contributed by atoms with Crippen LogP contribution in [0, 0.1) is 25.2 Å². The van der Waals surface area contributed by atoms with Gasteiger partial charge >= 0.3 is 0 Å². The molecular formula is C15H17N5. The van der Waals surface area contributed by atoms with Gasteiger partial charge in [0.1, 0.15) is 11.6 Å². The first-order valence-electron chi connectivity index (χ1n) is 6.48. The maximum absolute atomic E-state index is 9.30. The average Bonchev–Trinajstić information content (AvgIpc) is 2.48. The number of nitrogens with zero attached hydrogens (tertiary/aromatic N) is 5. The molecule has 102 valence electrons. The van der Waals surface area contributed by atoms with Gasteiger partial charge in [-0.3, -0.25) is 4.98 Å². The molecule has 0 atom stereocenters. The molecule has 0 aliphatic rings. The number of likely N-dealkylation sites (N-methyl/N-ethyl adjacent to an activating group) is 1. The predicted molar refractivity (Wildman–Crippen MR) is 77.4 cm³/mol. The van der Waals surface area contributed by atoms with Crippen molar-refractivity contribution >= 4 is 5.82 Å². The second-order valence-corrected chi connectivity index (χ2v) is 4.71. The van der Waals surface area contributed by atoms with Crippen LogP contribution >= 0.6 is 0 Å². The molecule has 0 amide bonds. The third-order valence-electron chi connectivity index (χ3n) is 3.34. The first kappa shape index (κ1) is 13.9. The van der Waals surface area contributed by atoms with E-state index < -0.39 is 0 Å². The van der Waals surface area contributed by atoms with Gasteiger partial charge in [-0.2, -0.15) is 10.4 Å². The molecule has 0 aliphatic carbocycles. The Labute approximate surface area is 118 Å². The van der Waals surface area contributed by atoms with E-state index in [1.807, 2.05) is 44.0 Å². The normalized spacial score (nSPS) is 10.1. The number of anilines is 1. The van der Waals surface area contributed by atoms with E-state index in [9.17, 15) is 5.26 Å². The van der Waals surface area contributed by atoms with E-state index in [2.05, 4.69) is 21.3 Å². The monoisotopic (exact) mass is 267 g/mol. The Morgan fingerprint density at radius 2 is 2.05 bits per heavy atom. The number of rotatable bonds is 4. The Morgan fingerprint density at radius 3 is 2.70 bits per heavy atom. The zero-order valence-corrected chi connectivity index (χ0v) is 12.0. The SMILES string of the molecule is Cc1nnc(N(C)CCc2ccccn2)c(C#N)c1C. The van der Waals surface area contributed by atoms with Crippen LogP contribution in [0.15, 0.2) is 24.4 Å². The van der Waals surface area contributed by atoms with Crippen LogP contribution in [0.4, 0.5) is 5.82 Å². The van der Waals surface area contributed by atoms with Gasteiger partial charge in [-0.05, 0) is 31.5 Å². The minimum Gasteiger partial charge on any atom is -0.357 e. The molecule has 2 heterocycles. The van der Waals surface area contributed by atoms with E-state index in [1.165, 1.54) is 0 Å². The van der Waals surface area contributed by atoms with Crippen LogP contribution < -0.4 is 4.90 Å². The van der Waals surface area contributed by atoms with Gasteiger partial charge in [0, 0.05) is 31.9 Å². The fourth-order valence-electron chi connectivity index (χ4n) is 1.93. The topological polar surface area (TPSA) is 65.7 Å². The lowest BCUT2D eigenvalue weighted by Crippen LogP contribution is -2.23. The largest absolute Gasteiger partial charge is 0.357 e. The highest BCUT2D eigenvalue weighted by Crippen LogP contribution is 2.20. The number of pyridine rings is 1. The molecule has 2 aromatic heterocycles. The molecular weight excluding hydrogens is 250 g/mol. The molecule has 0 radical (unpaired) electrons. The molecule has 0 spiro atoms. The smallest absolute Gasteiger partial charge is 0.169 e. The van der Waals surface area contributed by atoms with Crippen molar-refractivity contribution in [2.24, 2.45) is 0 Å². The van der Waals surface area contributed by atoms with Crippen LogP contribution in [0.2, 0.25) is 0 Å². The van der Waals surface area contributed by atoms with Crippen LogP contribution in [0.25, 0.3) is 0 Å². The summed E-state index contributed by atoms with van der Waals surface area (Å²) in [5, 5.41) is 17.6. The van der Waals surface area contributed by atoms with Crippen molar-refractivity contribution in [3.8, 4) is 6.07 Å². The lowest BCUT2D eigenvalue weighted by atomic mass is 10.1. The number of aryl methyl sites for hydroxylation is 1. The van der Waals surface area contributed by atoms with E-state index >= 15 is 0 Å². The second-order valence-electron chi connectivity index (χ2n) is 4.71. The number of hydrogen-bond donors (Lipinski definition) is 0. The highest BCUT2D eigenvalue weighted by atomic mass is 15.2. The summed E-state index contributed by atoms with van der Waals surface area (Å²) in [5.74, 6) is 0.631. The molecule has 0 aromatic carbocycles. The Bertz CT molecular complexity index is 631. The van der Waals surface area contributed by atoms with Gasteiger partial charge in [0.25, 0.3) is 0 Å². The Balaban J connectivity index is 2.16.